The number of aromatic nitrogens is 1. The molecule has 2 aromatic rings. The van der Waals surface area contributed by atoms with Crippen molar-refractivity contribution in [2.75, 3.05) is 6.54 Å². The third-order valence-electron chi connectivity index (χ3n) is 3.90. The topological polar surface area (TPSA) is 16.1 Å². The predicted molar refractivity (Wildman–Crippen MR) is 73.1 cm³/mol. The summed E-state index contributed by atoms with van der Waals surface area (Å²) in [5, 5.41) is 0. The summed E-state index contributed by atoms with van der Waals surface area (Å²) in [6, 6.07) is 9.38. The van der Waals surface area contributed by atoms with Gasteiger partial charge in [0.2, 0.25) is 0 Å². The van der Waals surface area contributed by atoms with Crippen LogP contribution in [0.15, 0.2) is 42.7 Å². The van der Waals surface area contributed by atoms with E-state index in [4.69, 9.17) is 0 Å². The van der Waals surface area contributed by atoms with Crippen LogP contribution in [0.5, 0.6) is 0 Å². The maximum atomic E-state index is 12.9. The van der Waals surface area contributed by atoms with Gasteiger partial charge in [-0.3, -0.25) is 9.88 Å². The standard InChI is InChI=1S/C16H17FN2/c1-12-10-18-8-6-14(12)11-19-9-7-16(19)13-2-4-15(17)5-3-13/h2-6,8,10,16H,7,9,11H2,1H3/t16-/m1/s1. The zero-order valence-corrected chi connectivity index (χ0v) is 11.0. The van der Waals surface area contributed by atoms with Gasteiger partial charge in [-0.2, -0.15) is 0 Å². The highest BCUT2D eigenvalue weighted by atomic mass is 19.1. The Balaban J connectivity index is 1.73. The van der Waals surface area contributed by atoms with Gasteiger partial charge in [0.05, 0.1) is 0 Å². The van der Waals surface area contributed by atoms with Crippen LogP contribution < -0.4 is 0 Å². The number of benzene rings is 1. The molecule has 0 N–H and O–H groups in total. The largest absolute Gasteiger partial charge is 0.292 e. The second-order valence-corrected chi connectivity index (χ2v) is 5.13. The summed E-state index contributed by atoms with van der Waals surface area (Å²) in [5.41, 5.74) is 3.76. The van der Waals surface area contributed by atoms with Gasteiger partial charge >= 0.3 is 0 Å². The van der Waals surface area contributed by atoms with Crippen molar-refractivity contribution in [3.05, 3.63) is 65.2 Å². The minimum Gasteiger partial charge on any atom is -0.292 e. The van der Waals surface area contributed by atoms with Crippen LogP contribution in [0.1, 0.15) is 29.2 Å². The zero-order valence-electron chi connectivity index (χ0n) is 11.0. The van der Waals surface area contributed by atoms with Crippen molar-refractivity contribution in [1.82, 2.24) is 9.88 Å². The van der Waals surface area contributed by atoms with Crippen molar-refractivity contribution in [2.45, 2.75) is 25.9 Å². The summed E-state index contributed by atoms with van der Waals surface area (Å²) in [4.78, 5) is 6.55. The lowest BCUT2D eigenvalue weighted by Crippen LogP contribution is -2.40. The fourth-order valence-electron chi connectivity index (χ4n) is 2.59. The Hall–Kier alpha value is -1.74. The zero-order chi connectivity index (χ0) is 13.2. The van der Waals surface area contributed by atoms with E-state index < -0.39 is 0 Å². The molecule has 3 heteroatoms. The van der Waals surface area contributed by atoms with E-state index in [-0.39, 0.29) is 5.82 Å². The molecule has 3 rings (SSSR count). The number of halogens is 1. The molecule has 19 heavy (non-hydrogen) atoms. The lowest BCUT2D eigenvalue weighted by atomic mass is 9.93. The molecule has 2 heterocycles. The number of hydrogen-bond donors (Lipinski definition) is 0. The lowest BCUT2D eigenvalue weighted by molar-refractivity contribution is 0.0816. The van der Waals surface area contributed by atoms with Crippen molar-refractivity contribution < 1.29 is 4.39 Å². The smallest absolute Gasteiger partial charge is 0.123 e. The van der Waals surface area contributed by atoms with Gasteiger partial charge in [0.15, 0.2) is 0 Å². The molecular weight excluding hydrogens is 239 g/mol. The minimum absolute atomic E-state index is 0.167. The van der Waals surface area contributed by atoms with E-state index in [1.807, 2.05) is 24.5 Å². The molecule has 1 aromatic heterocycles. The summed E-state index contributed by atoms with van der Waals surface area (Å²) in [5.74, 6) is -0.167. The first-order valence-electron chi connectivity index (χ1n) is 6.63. The molecule has 0 spiro atoms. The summed E-state index contributed by atoms with van der Waals surface area (Å²) < 4.78 is 12.9. The highest BCUT2D eigenvalue weighted by molar-refractivity contribution is 5.25. The molecule has 1 saturated heterocycles. The third kappa shape index (κ3) is 2.51. The first-order valence-corrected chi connectivity index (χ1v) is 6.63. The normalized spacial score (nSPS) is 19.2. The van der Waals surface area contributed by atoms with Crippen molar-refractivity contribution in [2.24, 2.45) is 0 Å². The fraction of sp³-hybridized carbons (Fsp3) is 0.312. The second kappa shape index (κ2) is 5.10. The molecule has 0 saturated carbocycles. The van der Waals surface area contributed by atoms with Crippen molar-refractivity contribution in [3.8, 4) is 0 Å². The SMILES string of the molecule is Cc1cnccc1CN1CC[C@@H]1c1ccc(F)cc1. The van der Waals surface area contributed by atoms with Crippen LogP contribution in [0.25, 0.3) is 0 Å². The first-order chi connectivity index (χ1) is 9.24. The van der Waals surface area contributed by atoms with E-state index in [1.54, 1.807) is 12.1 Å². The summed E-state index contributed by atoms with van der Waals surface area (Å²) in [6.07, 6.45) is 4.90. The molecule has 1 atom stereocenters. The van der Waals surface area contributed by atoms with Crippen LogP contribution in [0.2, 0.25) is 0 Å². The van der Waals surface area contributed by atoms with Gasteiger partial charge in [0, 0.05) is 31.5 Å². The highest BCUT2D eigenvalue weighted by Gasteiger charge is 2.29. The average Bonchev–Trinajstić information content (AvgIpc) is 2.39. The van der Waals surface area contributed by atoms with Crippen LogP contribution in [0.3, 0.4) is 0 Å². The number of hydrogen-bond acceptors (Lipinski definition) is 2. The van der Waals surface area contributed by atoms with Gasteiger partial charge in [-0.1, -0.05) is 12.1 Å². The molecule has 0 amide bonds. The molecular formula is C16H17FN2. The van der Waals surface area contributed by atoms with Crippen molar-refractivity contribution in [1.29, 1.82) is 0 Å². The molecule has 98 valence electrons. The van der Waals surface area contributed by atoms with Crippen LogP contribution in [0, 0.1) is 12.7 Å². The van der Waals surface area contributed by atoms with Crippen LogP contribution >= 0.6 is 0 Å². The molecule has 2 nitrogen and oxygen atoms in total. The molecule has 1 aromatic carbocycles. The maximum Gasteiger partial charge on any atom is 0.123 e. The van der Waals surface area contributed by atoms with Gasteiger partial charge in [0.25, 0.3) is 0 Å². The average molecular weight is 256 g/mol. The Bertz CT molecular complexity index is 565. The van der Waals surface area contributed by atoms with Crippen LogP contribution in [0.4, 0.5) is 4.39 Å². The van der Waals surface area contributed by atoms with E-state index >= 15 is 0 Å². The van der Waals surface area contributed by atoms with E-state index in [2.05, 4.69) is 22.9 Å². The van der Waals surface area contributed by atoms with Crippen molar-refractivity contribution in [3.63, 3.8) is 0 Å². The summed E-state index contributed by atoms with van der Waals surface area (Å²) >= 11 is 0. The van der Waals surface area contributed by atoms with Crippen LogP contribution in [-0.4, -0.2) is 16.4 Å². The van der Waals surface area contributed by atoms with E-state index in [1.165, 1.54) is 16.7 Å². The number of likely N-dealkylation sites (tertiary alicyclic amines) is 1. The second-order valence-electron chi connectivity index (χ2n) is 5.13. The molecule has 1 aliphatic rings. The summed E-state index contributed by atoms with van der Waals surface area (Å²) in [6.45, 7) is 4.13. The van der Waals surface area contributed by atoms with Gasteiger partial charge in [-0.05, 0) is 48.2 Å². The molecule has 0 radical (unpaired) electrons. The first kappa shape index (κ1) is 12.3. The predicted octanol–water partition coefficient (Wildman–Crippen LogP) is 3.48. The van der Waals surface area contributed by atoms with E-state index in [9.17, 15) is 4.39 Å². The lowest BCUT2D eigenvalue weighted by Gasteiger charge is -2.41. The van der Waals surface area contributed by atoms with Gasteiger partial charge in [-0.15, -0.1) is 0 Å². The van der Waals surface area contributed by atoms with E-state index in [0.29, 0.717) is 6.04 Å². The Morgan fingerprint density at radius 2 is 2.05 bits per heavy atom. The van der Waals surface area contributed by atoms with Crippen molar-refractivity contribution >= 4 is 0 Å². The number of pyridine rings is 1. The maximum absolute atomic E-state index is 12.9. The van der Waals surface area contributed by atoms with Crippen LogP contribution in [-0.2, 0) is 6.54 Å². The van der Waals surface area contributed by atoms with E-state index in [0.717, 1.165) is 19.5 Å². The number of nitrogens with zero attached hydrogens (tertiary/aromatic N) is 2. The molecule has 1 aliphatic heterocycles. The Morgan fingerprint density at radius 3 is 2.68 bits per heavy atom. The molecule has 1 fully saturated rings. The van der Waals surface area contributed by atoms with Gasteiger partial charge in [0.1, 0.15) is 5.82 Å². The quantitative estimate of drug-likeness (QED) is 0.836. The number of aryl methyl sites for hydroxylation is 1. The Kier molecular flexibility index (Phi) is 3.30. The highest BCUT2D eigenvalue weighted by Crippen LogP contribution is 2.34. The van der Waals surface area contributed by atoms with Gasteiger partial charge in [-0.25, -0.2) is 4.39 Å². The third-order valence-corrected chi connectivity index (χ3v) is 3.90. The Morgan fingerprint density at radius 1 is 1.26 bits per heavy atom. The molecule has 0 aliphatic carbocycles. The molecule has 0 bridgehead atoms. The summed E-state index contributed by atoms with van der Waals surface area (Å²) in [7, 11) is 0. The fourth-order valence-corrected chi connectivity index (χ4v) is 2.59. The monoisotopic (exact) mass is 256 g/mol. The van der Waals surface area contributed by atoms with Gasteiger partial charge < -0.3 is 0 Å². The Labute approximate surface area is 112 Å². The number of rotatable bonds is 3. The minimum atomic E-state index is -0.167. The molecule has 0 unspecified atom stereocenters.